The lowest BCUT2D eigenvalue weighted by molar-refractivity contribution is 0.602. The van der Waals surface area contributed by atoms with Crippen LogP contribution in [0.3, 0.4) is 0 Å². The Labute approximate surface area is 116 Å². The Hall–Kier alpha value is -1.32. The number of nitrogens with zero attached hydrogens (tertiary/aromatic N) is 2. The van der Waals surface area contributed by atoms with E-state index in [4.69, 9.17) is 4.98 Å². The maximum Gasteiger partial charge on any atom is 0.135 e. The molecule has 19 heavy (non-hydrogen) atoms. The molecule has 1 aliphatic carbocycles. The molecule has 0 aromatic carbocycles. The summed E-state index contributed by atoms with van der Waals surface area (Å²) in [5.74, 6) is 4.02. The number of hydrogen-bond donors (Lipinski definition) is 2. The van der Waals surface area contributed by atoms with Crippen molar-refractivity contribution >= 4 is 11.6 Å². The van der Waals surface area contributed by atoms with Crippen LogP contribution in [-0.4, -0.2) is 23.1 Å². The quantitative estimate of drug-likeness (QED) is 0.871. The fourth-order valence-electron chi connectivity index (χ4n) is 2.71. The highest BCUT2D eigenvalue weighted by molar-refractivity contribution is 5.57. The lowest BCUT2D eigenvalue weighted by Gasteiger charge is -2.18. The fraction of sp³-hybridized carbons (Fsp3) is 0.733. The van der Waals surface area contributed by atoms with Crippen LogP contribution in [0.2, 0.25) is 0 Å². The maximum absolute atomic E-state index is 4.71. The molecule has 2 N–H and O–H groups in total. The van der Waals surface area contributed by atoms with E-state index in [1.807, 2.05) is 7.05 Å². The van der Waals surface area contributed by atoms with Crippen molar-refractivity contribution in [3.63, 3.8) is 0 Å². The molecule has 4 heteroatoms. The standard InChI is InChI=1S/C15H26N4/c1-9(2)13-18-14(16-5)11(4)15(19-13)17-12-7-6-10(3)8-12/h9-10,12H,6-8H2,1-5H3,(H2,16,17,18,19). The molecule has 1 aromatic heterocycles. The molecule has 2 atom stereocenters. The molecule has 1 heterocycles. The van der Waals surface area contributed by atoms with Gasteiger partial charge in [-0.15, -0.1) is 0 Å². The van der Waals surface area contributed by atoms with Crippen molar-refractivity contribution in [3.05, 3.63) is 11.4 Å². The van der Waals surface area contributed by atoms with E-state index in [1.54, 1.807) is 0 Å². The van der Waals surface area contributed by atoms with Crippen molar-refractivity contribution in [3.8, 4) is 0 Å². The largest absolute Gasteiger partial charge is 0.373 e. The average molecular weight is 262 g/mol. The predicted molar refractivity (Wildman–Crippen MR) is 80.8 cm³/mol. The second-order valence-corrected chi connectivity index (χ2v) is 6.07. The molecule has 1 fully saturated rings. The van der Waals surface area contributed by atoms with Crippen molar-refractivity contribution in [2.24, 2.45) is 5.92 Å². The highest BCUT2D eigenvalue weighted by atomic mass is 15.1. The van der Waals surface area contributed by atoms with Gasteiger partial charge in [-0.05, 0) is 32.1 Å². The fourth-order valence-corrected chi connectivity index (χ4v) is 2.71. The lowest BCUT2D eigenvalue weighted by atomic mass is 10.1. The van der Waals surface area contributed by atoms with Crippen LogP contribution in [-0.2, 0) is 0 Å². The van der Waals surface area contributed by atoms with Crippen LogP contribution in [0.15, 0.2) is 0 Å². The highest BCUT2D eigenvalue weighted by Crippen LogP contribution is 2.29. The summed E-state index contributed by atoms with van der Waals surface area (Å²) in [6.45, 7) is 8.67. The van der Waals surface area contributed by atoms with Crippen LogP contribution in [0.25, 0.3) is 0 Å². The first-order valence-corrected chi connectivity index (χ1v) is 7.34. The van der Waals surface area contributed by atoms with Gasteiger partial charge in [-0.25, -0.2) is 9.97 Å². The zero-order valence-electron chi connectivity index (χ0n) is 12.7. The molecule has 1 aromatic rings. The van der Waals surface area contributed by atoms with Crippen molar-refractivity contribution < 1.29 is 0 Å². The summed E-state index contributed by atoms with van der Waals surface area (Å²) in [5.41, 5.74) is 1.12. The monoisotopic (exact) mass is 262 g/mol. The molecule has 106 valence electrons. The molecule has 1 saturated carbocycles. The summed E-state index contributed by atoms with van der Waals surface area (Å²) in [7, 11) is 1.92. The molecule has 0 spiro atoms. The van der Waals surface area contributed by atoms with Gasteiger partial charge in [0.25, 0.3) is 0 Å². The van der Waals surface area contributed by atoms with Crippen molar-refractivity contribution in [2.75, 3.05) is 17.7 Å². The van der Waals surface area contributed by atoms with Crippen LogP contribution >= 0.6 is 0 Å². The Morgan fingerprint density at radius 2 is 1.84 bits per heavy atom. The van der Waals surface area contributed by atoms with Gasteiger partial charge in [0.15, 0.2) is 0 Å². The number of nitrogens with one attached hydrogen (secondary N) is 2. The average Bonchev–Trinajstić information content (AvgIpc) is 2.77. The molecular formula is C15H26N4. The third-order valence-electron chi connectivity index (χ3n) is 3.95. The van der Waals surface area contributed by atoms with Crippen LogP contribution in [0.1, 0.15) is 57.3 Å². The number of hydrogen-bond acceptors (Lipinski definition) is 4. The smallest absolute Gasteiger partial charge is 0.135 e. The van der Waals surface area contributed by atoms with Gasteiger partial charge in [-0.3, -0.25) is 0 Å². The molecule has 0 amide bonds. The van der Waals surface area contributed by atoms with E-state index in [2.05, 4.69) is 43.3 Å². The third kappa shape index (κ3) is 3.17. The van der Waals surface area contributed by atoms with Crippen LogP contribution in [0.4, 0.5) is 11.6 Å². The minimum Gasteiger partial charge on any atom is -0.373 e. The van der Waals surface area contributed by atoms with Crippen molar-refractivity contribution in [2.45, 2.75) is 58.9 Å². The molecule has 0 aliphatic heterocycles. The lowest BCUT2D eigenvalue weighted by Crippen LogP contribution is -2.19. The van der Waals surface area contributed by atoms with Crippen molar-refractivity contribution in [1.29, 1.82) is 0 Å². The van der Waals surface area contributed by atoms with Gasteiger partial charge < -0.3 is 10.6 Å². The molecule has 1 aliphatic rings. The summed E-state index contributed by atoms with van der Waals surface area (Å²) < 4.78 is 0. The summed E-state index contributed by atoms with van der Waals surface area (Å²) in [6.07, 6.45) is 3.81. The molecular weight excluding hydrogens is 236 g/mol. The first-order valence-electron chi connectivity index (χ1n) is 7.34. The molecule has 4 nitrogen and oxygen atoms in total. The predicted octanol–water partition coefficient (Wildman–Crippen LogP) is 3.55. The first kappa shape index (κ1) is 14.1. The highest BCUT2D eigenvalue weighted by Gasteiger charge is 2.23. The Balaban J connectivity index is 2.25. The van der Waals surface area contributed by atoms with Crippen LogP contribution in [0.5, 0.6) is 0 Å². The van der Waals surface area contributed by atoms with Gasteiger partial charge >= 0.3 is 0 Å². The summed E-state index contributed by atoms with van der Waals surface area (Å²) in [6, 6.07) is 0.563. The van der Waals surface area contributed by atoms with E-state index in [1.165, 1.54) is 19.3 Å². The van der Waals surface area contributed by atoms with E-state index in [0.717, 1.165) is 28.9 Å². The van der Waals surface area contributed by atoms with E-state index >= 15 is 0 Å². The third-order valence-corrected chi connectivity index (χ3v) is 3.95. The minimum atomic E-state index is 0.343. The van der Waals surface area contributed by atoms with Crippen LogP contribution in [0, 0.1) is 12.8 Å². The Morgan fingerprint density at radius 1 is 1.16 bits per heavy atom. The number of aromatic nitrogens is 2. The van der Waals surface area contributed by atoms with Gasteiger partial charge in [0.05, 0.1) is 0 Å². The second-order valence-electron chi connectivity index (χ2n) is 6.07. The Morgan fingerprint density at radius 3 is 2.37 bits per heavy atom. The first-order chi connectivity index (χ1) is 9.01. The summed E-state index contributed by atoms with van der Waals surface area (Å²) >= 11 is 0. The zero-order chi connectivity index (χ0) is 14.0. The van der Waals surface area contributed by atoms with Gasteiger partial charge in [0.2, 0.25) is 0 Å². The summed E-state index contributed by atoms with van der Waals surface area (Å²) in [4.78, 5) is 9.28. The van der Waals surface area contributed by atoms with Crippen LogP contribution < -0.4 is 10.6 Å². The number of rotatable bonds is 4. The minimum absolute atomic E-state index is 0.343. The molecule has 0 bridgehead atoms. The van der Waals surface area contributed by atoms with E-state index in [9.17, 15) is 0 Å². The summed E-state index contributed by atoms with van der Waals surface area (Å²) in [5, 5.41) is 6.79. The molecule has 0 saturated heterocycles. The second kappa shape index (κ2) is 5.76. The normalized spacial score (nSPS) is 22.8. The molecule has 2 rings (SSSR count). The zero-order valence-corrected chi connectivity index (χ0v) is 12.7. The Kier molecular flexibility index (Phi) is 4.27. The van der Waals surface area contributed by atoms with E-state index in [0.29, 0.717) is 12.0 Å². The SMILES string of the molecule is CNc1nc(C(C)C)nc(NC2CCC(C)C2)c1C. The topological polar surface area (TPSA) is 49.8 Å². The molecule has 0 radical (unpaired) electrons. The Bertz CT molecular complexity index is 442. The number of anilines is 2. The van der Waals surface area contributed by atoms with Gasteiger partial charge in [-0.1, -0.05) is 20.8 Å². The van der Waals surface area contributed by atoms with Crippen molar-refractivity contribution in [1.82, 2.24) is 9.97 Å². The van der Waals surface area contributed by atoms with Gasteiger partial charge in [0, 0.05) is 24.6 Å². The molecule has 2 unspecified atom stereocenters. The maximum atomic E-state index is 4.71. The van der Waals surface area contributed by atoms with E-state index < -0.39 is 0 Å². The van der Waals surface area contributed by atoms with Gasteiger partial charge in [0.1, 0.15) is 17.5 Å². The van der Waals surface area contributed by atoms with Gasteiger partial charge in [-0.2, -0.15) is 0 Å². The van der Waals surface area contributed by atoms with E-state index in [-0.39, 0.29) is 0 Å².